The normalized spacial score (nSPS) is 21.0. The van der Waals surface area contributed by atoms with Gasteiger partial charge in [0.15, 0.2) is 0 Å². The molecule has 176 valence electrons. The average Bonchev–Trinajstić information content (AvgIpc) is 3.31. The molecular formula is C25H34N6OS. The molecule has 2 saturated carbocycles. The summed E-state index contributed by atoms with van der Waals surface area (Å²) in [4.78, 5) is 19.1. The number of ether oxygens (including phenoxy) is 1. The van der Waals surface area contributed by atoms with Gasteiger partial charge in [0.25, 0.3) is 0 Å². The largest absolute Gasteiger partial charge is 0.379 e. The summed E-state index contributed by atoms with van der Waals surface area (Å²) in [5.74, 6) is 2.87. The van der Waals surface area contributed by atoms with Crippen LogP contribution in [-0.2, 0) is 4.74 Å². The average molecular weight is 467 g/mol. The number of aromatic nitrogens is 4. The molecule has 0 amide bonds. The molecule has 7 nitrogen and oxygen atoms in total. The highest BCUT2D eigenvalue weighted by atomic mass is 32.1. The Kier molecular flexibility index (Phi) is 5.99. The van der Waals surface area contributed by atoms with E-state index in [1.54, 1.807) is 11.3 Å². The van der Waals surface area contributed by atoms with Crippen molar-refractivity contribution in [3.63, 3.8) is 0 Å². The van der Waals surface area contributed by atoms with Gasteiger partial charge in [0.2, 0.25) is 5.95 Å². The van der Waals surface area contributed by atoms with E-state index in [2.05, 4.69) is 36.4 Å². The summed E-state index contributed by atoms with van der Waals surface area (Å²) in [7, 11) is 1.81. The molecule has 2 aliphatic carbocycles. The molecule has 2 aliphatic rings. The van der Waals surface area contributed by atoms with E-state index in [4.69, 9.17) is 19.7 Å². The van der Waals surface area contributed by atoms with E-state index in [9.17, 15) is 0 Å². The molecule has 0 unspecified atom stereocenters. The highest BCUT2D eigenvalue weighted by Gasteiger charge is 2.36. The molecule has 2 atom stereocenters. The molecule has 2 N–H and O–H groups in total. The number of methoxy groups -OCH3 is 1. The molecule has 3 aromatic heterocycles. The minimum absolute atomic E-state index is 0.116. The van der Waals surface area contributed by atoms with Crippen molar-refractivity contribution in [2.45, 2.75) is 71.4 Å². The van der Waals surface area contributed by atoms with E-state index in [-0.39, 0.29) is 5.60 Å². The fourth-order valence-corrected chi connectivity index (χ4v) is 5.87. The van der Waals surface area contributed by atoms with E-state index in [0.717, 1.165) is 69.7 Å². The van der Waals surface area contributed by atoms with Gasteiger partial charge in [-0.2, -0.15) is 4.98 Å². The van der Waals surface area contributed by atoms with Crippen LogP contribution in [0.1, 0.15) is 57.3 Å². The second-order valence-corrected chi connectivity index (χ2v) is 11.1. The molecule has 2 fully saturated rings. The zero-order chi connectivity index (χ0) is 23.2. The molecule has 5 rings (SSSR count). The molecule has 0 bridgehead atoms. The van der Waals surface area contributed by atoms with Crippen LogP contribution in [0.3, 0.4) is 0 Å². The van der Waals surface area contributed by atoms with Gasteiger partial charge in [0.1, 0.15) is 16.3 Å². The fraction of sp³-hybridized carbons (Fsp3) is 0.600. The lowest BCUT2D eigenvalue weighted by atomic mass is 9.89. The highest BCUT2D eigenvalue weighted by Crippen LogP contribution is 2.40. The SMILES string of the molecule is COC(C)(C)[C@@H]1CC[C@H](Nc2nc(NCC3CC3)nc(C)c2-c2nc3c(C)nccc3s2)C1. The van der Waals surface area contributed by atoms with Gasteiger partial charge in [0, 0.05) is 25.9 Å². The smallest absolute Gasteiger partial charge is 0.224 e. The molecule has 33 heavy (non-hydrogen) atoms. The maximum atomic E-state index is 5.78. The van der Waals surface area contributed by atoms with E-state index < -0.39 is 0 Å². The zero-order valence-electron chi connectivity index (χ0n) is 20.2. The summed E-state index contributed by atoms with van der Waals surface area (Å²) in [6, 6.07) is 2.39. The number of thiazole rings is 1. The van der Waals surface area contributed by atoms with Gasteiger partial charge in [-0.1, -0.05) is 0 Å². The third-order valence-corrected chi connectivity index (χ3v) is 8.36. The second-order valence-electron chi connectivity index (χ2n) is 10.1. The van der Waals surface area contributed by atoms with Crippen LogP contribution in [0.4, 0.5) is 11.8 Å². The van der Waals surface area contributed by atoms with Crippen LogP contribution in [0.2, 0.25) is 0 Å². The Morgan fingerprint density at radius 3 is 2.64 bits per heavy atom. The number of hydrogen-bond acceptors (Lipinski definition) is 8. The van der Waals surface area contributed by atoms with Crippen molar-refractivity contribution in [2.75, 3.05) is 24.3 Å². The summed E-state index contributed by atoms with van der Waals surface area (Å²) < 4.78 is 6.92. The van der Waals surface area contributed by atoms with Gasteiger partial charge < -0.3 is 15.4 Å². The maximum Gasteiger partial charge on any atom is 0.224 e. The molecule has 3 aromatic rings. The van der Waals surface area contributed by atoms with Crippen molar-refractivity contribution >= 4 is 33.3 Å². The van der Waals surface area contributed by atoms with E-state index in [1.165, 1.54) is 12.8 Å². The lowest BCUT2D eigenvalue weighted by Crippen LogP contribution is -2.32. The van der Waals surface area contributed by atoms with Gasteiger partial charge in [0.05, 0.1) is 27.3 Å². The molecule has 0 aromatic carbocycles. The number of pyridine rings is 1. The topological polar surface area (TPSA) is 84.9 Å². The number of anilines is 2. The minimum Gasteiger partial charge on any atom is -0.379 e. The molecule has 0 aliphatic heterocycles. The van der Waals surface area contributed by atoms with E-state index >= 15 is 0 Å². The third kappa shape index (κ3) is 4.68. The van der Waals surface area contributed by atoms with Gasteiger partial charge in [-0.15, -0.1) is 11.3 Å². The first-order valence-corrected chi connectivity index (χ1v) is 12.8. The first kappa shape index (κ1) is 22.5. The predicted octanol–water partition coefficient (Wildman–Crippen LogP) is 5.59. The molecule has 0 spiro atoms. The molecule has 0 saturated heterocycles. The van der Waals surface area contributed by atoms with Gasteiger partial charge in [-0.25, -0.2) is 9.97 Å². The lowest BCUT2D eigenvalue weighted by Gasteiger charge is -2.30. The zero-order valence-corrected chi connectivity index (χ0v) is 21.1. The second kappa shape index (κ2) is 8.80. The van der Waals surface area contributed by atoms with Crippen LogP contribution in [0.25, 0.3) is 20.8 Å². The number of nitrogens with one attached hydrogen (secondary N) is 2. The summed E-state index contributed by atoms with van der Waals surface area (Å²) in [6.07, 6.45) is 7.77. The Hall–Kier alpha value is -2.32. The lowest BCUT2D eigenvalue weighted by molar-refractivity contribution is -0.0258. The Balaban J connectivity index is 1.48. The number of rotatable bonds is 8. The predicted molar refractivity (Wildman–Crippen MR) is 135 cm³/mol. The Labute approximate surface area is 199 Å². The Morgan fingerprint density at radius 1 is 1.09 bits per heavy atom. The molecule has 8 heteroatoms. The number of nitrogens with zero attached hydrogens (tertiary/aromatic N) is 4. The number of hydrogen-bond donors (Lipinski definition) is 2. The van der Waals surface area contributed by atoms with Crippen LogP contribution in [0, 0.1) is 25.7 Å². The van der Waals surface area contributed by atoms with Crippen molar-refractivity contribution in [3.05, 3.63) is 23.7 Å². The van der Waals surface area contributed by atoms with Gasteiger partial charge >= 0.3 is 0 Å². The standard InChI is InChI=1S/C25H34N6OS/c1-14-20(23-30-21-15(2)26-11-10-19(21)33-23)22(31-24(28-14)27-13-16-6-7-16)29-18-9-8-17(12-18)25(3,4)32-5/h10-11,16-18H,6-9,12-13H2,1-5H3,(H2,27,28,29,31)/t17-,18+/m1/s1. The van der Waals surface area contributed by atoms with Crippen LogP contribution in [0.5, 0.6) is 0 Å². The Morgan fingerprint density at radius 2 is 1.91 bits per heavy atom. The first-order valence-electron chi connectivity index (χ1n) is 12.0. The third-order valence-electron chi connectivity index (χ3n) is 7.32. The summed E-state index contributed by atoms with van der Waals surface area (Å²) in [5, 5.41) is 8.19. The van der Waals surface area contributed by atoms with Crippen molar-refractivity contribution < 1.29 is 4.74 Å². The highest BCUT2D eigenvalue weighted by molar-refractivity contribution is 7.21. The van der Waals surface area contributed by atoms with Crippen LogP contribution in [0.15, 0.2) is 12.3 Å². The molecule has 3 heterocycles. The quantitative estimate of drug-likeness (QED) is 0.447. The molecule has 0 radical (unpaired) electrons. The summed E-state index contributed by atoms with van der Waals surface area (Å²) in [5.41, 5.74) is 3.74. The van der Waals surface area contributed by atoms with Gasteiger partial charge in [-0.05, 0) is 77.7 Å². The van der Waals surface area contributed by atoms with E-state index in [1.807, 2.05) is 26.3 Å². The monoisotopic (exact) mass is 466 g/mol. The van der Waals surface area contributed by atoms with Crippen LogP contribution >= 0.6 is 11.3 Å². The Bertz CT molecular complexity index is 1160. The number of aryl methyl sites for hydroxylation is 2. The van der Waals surface area contributed by atoms with Crippen LogP contribution in [-0.4, -0.2) is 45.2 Å². The first-order chi connectivity index (χ1) is 15.8. The van der Waals surface area contributed by atoms with Crippen molar-refractivity contribution in [1.29, 1.82) is 0 Å². The minimum atomic E-state index is -0.116. The van der Waals surface area contributed by atoms with Crippen molar-refractivity contribution in [3.8, 4) is 10.6 Å². The maximum absolute atomic E-state index is 5.78. The van der Waals surface area contributed by atoms with Crippen molar-refractivity contribution in [1.82, 2.24) is 19.9 Å². The summed E-state index contributed by atoms with van der Waals surface area (Å²) in [6.45, 7) is 9.40. The summed E-state index contributed by atoms with van der Waals surface area (Å²) >= 11 is 1.68. The van der Waals surface area contributed by atoms with Crippen molar-refractivity contribution in [2.24, 2.45) is 11.8 Å². The molecular weight excluding hydrogens is 432 g/mol. The van der Waals surface area contributed by atoms with Crippen LogP contribution < -0.4 is 10.6 Å². The van der Waals surface area contributed by atoms with Gasteiger partial charge in [-0.3, -0.25) is 4.98 Å². The van der Waals surface area contributed by atoms with E-state index in [0.29, 0.717) is 17.9 Å². The number of fused-ring (bicyclic) bond motifs is 1. The fourth-order valence-electron chi connectivity index (χ4n) is 4.76.